The number of hydrogen-bond donors (Lipinski definition) is 3. The Morgan fingerprint density at radius 3 is 2.46 bits per heavy atom. The Balaban J connectivity index is 1.33. The van der Waals surface area contributed by atoms with Crippen LogP contribution in [0.4, 0.5) is 30.8 Å². The minimum atomic E-state index is -5.06. The van der Waals surface area contributed by atoms with Gasteiger partial charge in [0.2, 0.25) is 5.95 Å². The van der Waals surface area contributed by atoms with Crippen molar-refractivity contribution in [3.8, 4) is 11.3 Å². The maximum Gasteiger partial charge on any atom is 0.455 e. The van der Waals surface area contributed by atoms with Crippen LogP contribution in [0.2, 0.25) is 10.0 Å². The molecule has 0 saturated carbocycles. The van der Waals surface area contributed by atoms with Crippen molar-refractivity contribution in [2.45, 2.75) is 31.9 Å². The molecule has 0 amide bonds. The number of ketones is 1. The summed E-state index contributed by atoms with van der Waals surface area (Å²) in [5.74, 6) is -1.56. The molecule has 0 bridgehead atoms. The van der Waals surface area contributed by atoms with Crippen LogP contribution in [0.3, 0.4) is 0 Å². The molecule has 1 saturated heterocycles. The van der Waals surface area contributed by atoms with Gasteiger partial charge in [-0.25, -0.2) is 15.0 Å². The van der Waals surface area contributed by atoms with E-state index in [1.54, 1.807) is 35.7 Å². The van der Waals surface area contributed by atoms with Crippen molar-refractivity contribution in [2.24, 2.45) is 0 Å². The molecular weight excluding hydrogens is 650 g/mol. The van der Waals surface area contributed by atoms with E-state index in [0.717, 1.165) is 18.9 Å². The second-order valence-electron chi connectivity index (χ2n) is 10.5. The summed E-state index contributed by atoms with van der Waals surface area (Å²) in [5, 5.41) is 11.8. The average molecular weight is 681 g/mol. The number of esters is 1. The van der Waals surface area contributed by atoms with E-state index in [-0.39, 0.29) is 37.3 Å². The standard InChI is InChI=1S/C29H30Cl2F3N9O3/c1-2-46-24(44)15-42-11-7-16(8-12-42)27-40-23-14-21(18-4-3-17(30)13-20(18)31)38-28(43(23)41-27)37-10-9-36-22-6-5-19(26(35)39-22)25(45)29(32,33)34/h3-6,13-14,16H,2,7-12,15H2,1H3,(H,37,38)(H3,35,36,39). The summed E-state index contributed by atoms with van der Waals surface area (Å²) in [4.78, 5) is 38.9. The number of nitrogens with zero attached hydrogens (tertiary/aromatic N) is 6. The van der Waals surface area contributed by atoms with E-state index >= 15 is 0 Å². The third-order valence-corrected chi connectivity index (χ3v) is 7.85. The Morgan fingerprint density at radius 1 is 1.04 bits per heavy atom. The number of anilines is 3. The molecule has 0 radical (unpaired) electrons. The zero-order valence-corrected chi connectivity index (χ0v) is 26.1. The molecule has 5 rings (SSSR count). The lowest BCUT2D eigenvalue weighted by atomic mass is 9.96. The van der Waals surface area contributed by atoms with Gasteiger partial charge in [0.05, 0.1) is 29.4 Å². The zero-order valence-electron chi connectivity index (χ0n) is 24.6. The third kappa shape index (κ3) is 7.77. The molecule has 4 aromatic rings. The minimum absolute atomic E-state index is 0.0687. The lowest BCUT2D eigenvalue weighted by Gasteiger charge is -2.29. The molecule has 4 N–H and O–H groups in total. The Kier molecular flexibility index (Phi) is 10.1. The van der Waals surface area contributed by atoms with Crippen LogP contribution in [-0.2, 0) is 9.53 Å². The fraction of sp³-hybridized carbons (Fsp3) is 0.379. The number of carbonyl (C=O) groups is 2. The van der Waals surface area contributed by atoms with Gasteiger partial charge < -0.3 is 21.1 Å². The smallest absolute Gasteiger partial charge is 0.455 e. The number of ether oxygens (including phenoxy) is 1. The number of nitrogens with two attached hydrogens (primary N) is 1. The molecular formula is C29H30Cl2F3N9O3. The van der Waals surface area contributed by atoms with Crippen LogP contribution in [0.25, 0.3) is 16.9 Å². The van der Waals surface area contributed by atoms with Crippen molar-refractivity contribution < 1.29 is 27.5 Å². The number of Topliss-reactive ketones (excluding diaryl/α,β-unsaturated/α-hetero) is 1. The third-order valence-electron chi connectivity index (χ3n) is 7.30. The van der Waals surface area contributed by atoms with E-state index in [1.165, 1.54) is 6.07 Å². The number of fused-ring (bicyclic) bond motifs is 1. The lowest BCUT2D eigenvalue weighted by molar-refractivity contribution is -0.144. The maximum atomic E-state index is 12.8. The summed E-state index contributed by atoms with van der Waals surface area (Å²) < 4.78 is 45.1. The van der Waals surface area contributed by atoms with E-state index in [1.807, 2.05) is 0 Å². The van der Waals surface area contributed by atoms with Gasteiger partial charge in [0.15, 0.2) is 11.5 Å². The molecule has 1 aliphatic rings. The van der Waals surface area contributed by atoms with Crippen LogP contribution in [-0.4, -0.2) is 86.7 Å². The van der Waals surface area contributed by atoms with E-state index in [9.17, 15) is 22.8 Å². The van der Waals surface area contributed by atoms with Crippen molar-refractivity contribution in [2.75, 3.05) is 55.7 Å². The Labute approximate surface area is 271 Å². The normalized spacial score (nSPS) is 14.4. The van der Waals surface area contributed by atoms with Crippen molar-refractivity contribution in [1.82, 2.24) is 29.5 Å². The first kappa shape index (κ1) is 33.2. The first-order chi connectivity index (χ1) is 21.9. The van der Waals surface area contributed by atoms with Crippen LogP contribution >= 0.6 is 23.2 Å². The number of hydrogen-bond acceptors (Lipinski definition) is 11. The topological polar surface area (TPSA) is 153 Å². The van der Waals surface area contributed by atoms with Gasteiger partial charge in [-0.1, -0.05) is 23.2 Å². The van der Waals surface area contributed by atoms with E-state index in [0.29, 0.717) is 58.4 Å². The number of likely N-dealkylation sites (tertiary alicyclic amines) is 1. The average Bonchev–Trinajstić information content (AvgIpc) is 3.43. The number of aromatic nitrogens is 5. The fourth-order valence-corrected chi connectivity index (χ4v) is 5.56. The molecule has 3 aromatic heterocycles. The highest BCUT2D eigenvalue weighted by atomic mass is 35.5. The summed E-state index contributed by atoms with van der Waals surface area (Å²) in [7, 11) is 0. The number of benzene rings is 1. The highest BCUT2D eigenvalue weighted by Gasteiger charge is 2.40. The monoisotopic (exact) mass is 679 g/mol. The SMILES string of the molecule is CCOC(=O)CN1CCC(c2nc3cc(-c4ccc(Cl)cc4Cl)nc(NCCNc4ccc(C(=O)C(F)(F)F)c(N)n4)n3n2)CC1. The van der Waals surface area contributed by atoms with Crippen LogP contribution < -0.4 is 16.4 Å². The number of rotatable bonds is 11. The zero-order chi connectivity index (χ0) is 33.0. The number of alkyl halides is 3. The van der Waals surface area contributed by atoms with Gasteiger partial charge in [0.25, 0.3) is 5.78 Å². The summed E-state index contributed by atoms with van der Waals surface area (Å²) in [6, 6.07) is 9.09. The highest BCUT2D eigenvalue weighted by Crippen LogP contribution is 2.32. The number of carbonyl (C=O) groups excluding carboxylic acids is 2. The van der Waals surface area contributed by atoms with Crippen LogP contribution in [0.5, 0.6) is 0 Å². The second kappa shape index (κ2) is 14.1. The first-order valence-electron chi connectivity index (χ1n) is 14.4. The number of nitrogen functional groups attached to an aromatic ring is 1. The molecule has 0 atom stereocenters. The van der Waals surface area contributed by atoms with Gasteiger partial charge in [-0.2, -0.15) is 17.7 Å². The summed E-state index contributed by atoms with van der Waals surface area (Å²) in [6.45, 7) is 4.30. The minimum Gasteiger partial charge on any atom is -0.465 e. The van der Waals surface area contributed by atoms with Gasteiger partial charge >= 0.3 is 12.1 Å². The van der Waals surface area contributed by atoms with Gasteiger partial charge in [0, 0.05) is 35.7 Å². The van der Waals surface area contributed by atoms with Gasteiger partial charge in [-0.3, -0.25) is 14.5 Å². The molecule has 0 aliphatic carbocycles. The number of pyridine rings is 1. The summed E-state index contributed by atoms with van der Waals surface area (Å²) >= 11 is 12.6. The highest BCUT2D eigenvalue weighted by molar-refractivity contribution is 6.36. The molecule has 1 aromatic carbocycles. The molecule has 1 aliphatic heterocycles. The number of halogens is 5. The van der Waals surface area contributed by atoms with Gasteiger partial charge in [-0.05, 0) is 63.2 Å². The molecule has 17 heteroatoms. The predicted octanol–water partition coefficient (Wildman–Crippen LogP) is 5.09. The van der Waals surface area contributed by atoms with Gasteiger partial charge in [0.1, 0.15) is 11.6 Å². The van der Waals surface area contributed by atoms with Crippen LogP contribution in [0.1, 0.15) is 41.9 Å². The molecule has 0 spiro atoms. The molecule has 12 nitrogen and oxygen atoms in total. The Hall–Kier alpha value is -4.21. The first-order valence-corrected chi connectivity index (χ1v) is 15.2. The van der Waals surface area contributed by atoms with Crippen molar-refractivity contribution >= 4 is 58.2 Å². The fourth-order valence-electron chi connectivity index (χ4n) is 5.05. The van der Waals surface area contributed by atoms with Crippen molar-refractivity contribution in [3.05, 3.63) is 57.8 Å². The van der Waals surface area contributed by atoms with E-state index < -0.39 is 23.3 Å². The van der Waals surface area contributed by atoms with E-state index in [4.69, 9.17) is 48.7 Å². The lowest BCUT2D eigenvalue weighted by Crippen LogP contribution is -2.37. The number of nitrogens with one attached hydrogen (secondary N) is 2. The Bertz CT molecular complexity index is 1740. The Morgan fingerprint density at radius 2 is 1.78 bits per heavy atom. The second-order valence-corrected chi connectivity index (χ2v) is 11.3. The molecule has 4 heterocycles. The van der Waals surface area contributed by atoms with Crippen LogP contribution in [0.15, 0.2) is 36.4 Å². The predicted molar refractivity (Wildman–Crippen MR) is 167 cm³/mol. The summed E-state index contributed by atoms with van der Waals surface area (Å²) in [6.07, 6.45) is -3.54. The molecule has 244 valence electrons. The van der Waals surface area contributed by atoms with E-state index in [2.05, 4.69) is 20.5 Å². The molecule has 1 fully saturated rings. The van der Waals surface area contributed by atoms with Gasteiger partial charge in [-0.15, -0.1) is 5.10 Å². The molecule has 46 heavy (non-hydrogen) atoms. The van der Waals surface area contributed by atoms with Crippen LogP contribution in [0, 0.1) is 0 Å². The largest absolute Gasteiger partial charge is 0.465 e. The maximum absolute atomic E-state index is 12.8. The van der Waals surface area contributed by atoms with Crippen molar-refractivity contribution in [3.63, 3.8) is 0 Å². The number of piperidine rings is 1. The quantitative estimate of drug-likeness (QED) is 0.110. The van der Waals surface area contributed by atoms with Crippen molar-refractivity contribution in [1.29, 1.82) is 0 Å². The molecule has 0 unspecified atom stereocenters. The summed E-state index contributed by atoms with van der Waals surface area (Å²) in [5.41, 5.74) is 6.61.